The maximum Gasteiger partial charge on any atom is 0.170 e. The van der Waals surface area contributed by atoms with Crippen LogP contribution in [0.5, 0.6) is 11.5 Å². The Balaban J connectivity index is 1.33. The third-order valence-electron chi connectivity index (χ3n) is 6.02. The number of anilines is 1. The first-order valence-electron chi connectivity index (χ1n) is 10.2. The monoisotopic (exact) mass is 401 g/mol. The summed E-state index contributed by atoms with van der Waals surface area (Å²) in [5.41, 5.74) is 2.16. The second-order valence-corrected chi connectivity index (χ2v) is 7.86. The summed E-state index contributed by atoms with van der Waals surface area (Å²) < 4.78 is 11.6. The number of ether oxygens (including phenoxy) is 2. The van der Waals surface area contributed by atoms with E-state index in [1.807, 2.05) is 48.5 Å². The van der Waals surface area contributed by atoms with Crippen molar-refractivity contribution in [1.82, 2.24) is 9.97 Å². The largest absolute Gasteiger partial charge is 0.497 e. The molecule has 0 amide bonds. The van der Waals surface area contributed by atoms with E-state index in [-0.39, 0.29) is 5.78 Å². The molecule has 1 saturated heterocycles. The number of hydrogen-bond acceptors (Lipinski definition) is 6. The van der Waals surface area contributed by atoms with Crippen LogP contribution in [0, 0.1) is 0 Å². The number of hydrogen-bond donors (Lipinski definition) is 0. The molecule has 3 aromatic rings. The van der Waals surface area contributed by atoms with Gasteiger partial charge < -0.3 is 14.4 Å². The summed E-state index contributed by atoms with van der Waals surface area (Å²) in [6, 6.07) is 17.6. The lowest BCUT2D eigenvalue weighted by Gasteiger charge is -2.44. The van der Waals surface area contributed by atoms with Crippen molar-refractivity contribution in [3.63, 3.8) is 0 Å². The van der Waals surface area contributed by atoms with Gasteiger partial charge in [0.05, 0.1) is 24.8 Å². The first kappa shape index (κ1) is 18.6. The number of methoxy groups -OCH3 is 1. The summed E-state index contributed by atoms with van der Waals surface area (Å²) in [7, 11) is 1.60. The third-order valence-corrected chi connectivity index (χ3v) is 6.02. The minimum atomic E-state index is -0.440. The molecule has 5 rings (SSSR count). The number of piperidine rings is 1. The summed E-state index contributed by atoms with van der Waals surface area (Å²) in [6.07, 6.45) is 3.57. The van der Waals surface area contributed by atoms with Crippen LogP contribution in [-0.2, 0) is 0 Å². The van der Waals surface area contributed by atoms with Gasteiger partial charge in [0.15, 0.2) is 5.78 Å². The van der Waals surface area contributed by atoms with Gasteiger partial charge in [0, 0.05) is 37.6 Å². The van der Waals surface area contributed by atoms with Crippen molar-refractivity contribution in [3.8, 4) is 22.8 Å². The molecule has 152 valence electrons. The molecule has 2 aliphatic rings. The van der Waals surface area contributed by atoms with Crippen LogP contribution < -0.4 is 14.4 Å². The van der Waals surface area contributed by atoms with E-state index >= 15 is 0 Å². The van der Waals surface area contributed by atoms with Gasteiger partial charge in [0.1, 0.15) is 29.2 Å². The number of benzene rings is 2. The van der Waals surface area contributed by atoms with Gasteiger partial charge in [-0.3, -0.25) is 4.79 Å². The minimum absolute atomic E-state index is 0.122. The number of carbonyl (C=O) groups excluding carboxylic acids is 1. The van der Waals surface area contributed by atoms with Crippen LogP contribution in [-0.4, -0.2) is 41.6 Å². The molecule has 0 N–H and O–H groups in total. The molecule has 0 aliphatic carbocycles. The summed E-state index contributed by atoms with van der Waals surface area (Å²) in [5, 5.41) is 0. The van der Waals surface area contributed by atoms with Crippen molar-refractivity contribution < 1.29 is 14.3 Å². The Bertz CT molecular complexity index is 1080. The minimum Gasteiger partial charge on any atom is -0.497 e. The average Bonchev–Trinajstić information content (AvgIpc) is 2.80. The van der Waals surface area contributed by atoms with Gasteiger partial charge in [-0.05, 0) is 18.2 Å². The lowest BCUT2D eigenvalue weighted by atomic mass is 9.82. The lowest BCUT2D eigenvalue weighted by molar-refractivity contribution is 0.0230. The summed E-state index contributed by atoms with van der Waals surface area (Å²) in [5.74, 6) is 2.37. The molecule has 0 bridgehead atoms. The Kier molecular flexibility index (Phi) is 4.62. The van der Waals surface area contributed by atoms with Crippen LogP contribution >= 0.6 is 0 Å². The maximum atomic E-state index is 12.8. The van der Waals surface area contributed by atoms with Gasteiger partial charge in [-0.15, -0.1) is 0 Å². The summed E-state index contributed by atoms with van der Waals surface area (Å²) in [4.78, 5) is 24.0. The van der Waals surface area contributed by atoms with Crippen molar-refractivity contribution in [2.24, 2.45) is 0 Å². The molecule has 1 fully saturated rings. The van der Waals surface area contributed by atoms with Gasteiger partial charge in [-0.2, -0.15) is 0 Å². The first-order chi connectivity index (χ1) is 14.7. The van der Waals surface area contributed by atoms with Crippen LogP contribution in [0.2, 0.25) is 0 Å². The zero-order chi connectivity index (χ0) is 20.6. The number of aromatic nitrogens is 2. The van der Waals surface area contributed by atoms with Gasteiger partial charge in [-0.1, -0.05) is 30.3 Å². The SMILES string of the molecule is COc1ccc2c(c1)C(=O)CC1(CCN(c3cc(-c4ccccc4)ncn3)CC1)O2. The second kappa shape index (κ2) is 7.44. The standard InChI is InChI=1S/C24H23N3O3/c1-29-18-7-8-22-19(13-18)21(28)15-24(30-22)9-11-27(12-10-24)23-14-20(25-16-26-23)17-5-3-2-4-6-17/h2-8,13-14,16H,9-12,15H2,1H3. The molecular weight excluding hydrogens is 378 g/mol. The highest BCUT2D eigenvalue weighted by atomic mass is 16.5. The summed E-state index contributed by atoms with van der Waals surface area (Å²) >= 11 is 0. The molecule has 0 unspecified atom stereocenters. The van der Waals surface area contributed by atoms with E-state index in [0.29, 0.717) is 23.5 Å². The molecule has 2 aliphatic heterocycles. The van der Waals surface area contributed by atoms with Gasteiger partial charge in [-0.25, -0.2) is 9.97 Å². The quantitative estimate of drug-likeness (QED) is 0.657. The highest BCUT2D eigenvalue weighted by Gasteiger charge is 2.43. The topological polar surface area (TPSA) is 64.5 Å². The molecule has 6 nitrogen and oxygen atoms in total. The number of carbonyl (C=O) groups is 1. The molecule has 30 heavy (non-hydrogen) atoms. The van der Waals surface area contributed by atoms with E-state index < -0.39 is 5.60 Å². The van der Waals surface area contributed by atoms with Gasteiger partial charge in [0.2, 0.25) is 0 Å². The van der Waals surface area contributed by atoms with Crippen molar-refractivity contribution in [3.05, 3.63) is 66.5 Å². The smallest absolute Gasteiger partial charge is 0.170 e. The number of ketones is 1. The third kappa shape index (κ3) is 3.38. The fraction of sp³-hybridized carbons (Fsp3) is 0.292. The average molecular weight is 401 g/mol. The Morgan fingerprint density at radius 1 is 1.03 bits per heavy atom. The molecule has 1 spiro atoms. The highest BCUT2D eigenvalue weighted by Crippen LogP contribution is 2.41. The molecule has 0 atom stereocenters. The Labute approximate surface area is 175 Å². The van der Waals surface area contributed by atoms with Crippen molar-refractivity contribution in [2.75, 3.05) is 25.1 Å². The molecule has 2 aromatic carbocycles. The molecular formula is C24H23N3O3. The zero-order valence-electron chi connectivity index (χ0n) is 16.9. The van der Waals surface area contributed by atoms with Crippen molar-refractivity contribution in [1.29, 1.82) is 0 Å². The van der Waals surface area contributed by atoms with E-state index in [0.717, 1.165) is 43.0 Å². The molecule has 6 heteroatoms. The van der Waals surface area contributed by atoms with E-state index in [2.05, 4.69) is 14.9 Å². The fourth-order valence-electron chi connectivity index (χ4n) is 4.31. The van der Waals surface area contributed by atoms with Crippen molar-refractivity contribution in [2.45, 2.75) is 24.9 Å². The predicted molar refractivity (Wildman–Crippen MR) is 114 cm³/mol. The van der Waals surface area contributed by atoms with Gasteiger partial charge >= 0.3 is 0 Å². The number of fused-ring (bicyclic) bond motifs is 1. The highest BCUT2D eigenvalue weighted by molar-refractivity contribution is 6.00. The molecule has 0 radical (unpaired) electrons. The number of nitrogens with zero attached hydrogens (tertiary/aromatic N) is 3. The normalized spacial score (nSPS) is 17.4. The second-order valence-electron chi connectivity index (χ2n) is 7.86. The lowest BCUT2D eigenvalue weighted by Crippen LogP contribution is -2.51. The Morgan fingerprint density at radius 2 is 1.83 bits per heavy atom. The van der Waals surface area contributed by atoms with E-state index in [1.54, 1.807) is 19.5 Å². The van der Waals surface area contributed by atoms with E-state index in [9.17, 15) is 4.79 Å². The van der Waals surface area contributed by atoms with E-state index in [4.69, 9.17) is 9.47 Å². The first-order valence-corrected chi connectivity index (χ1v) is 10.2. The van der Waals surface area contributed by atoms with Gasteiger partial charge in [0.25, 0.3) is 0 Å². The maximum absolute atomic E-state index is 12.8. The van der Waals surface area contributed by atoms with Crippen LogP contribution in [0.3, 0.4) is 0 Å². The Hall–Kier alpha value is -3.41. The fourth-order valence-corrected chi connectivity index (χ4v) is 4.31. The van der Waals surface area contributed by atoms with Crippen LogP contribution in [0.15, 0.2) is 60.9 Å². The Morgan fingerprint density at radius 3 is 2.60 bits per heavy atom. The van der Waals surface area contributed by atoms with Crippen molar-refractivity contribution >= 4 is 11.6 Å². The number of rotatable bonds is 3. The predicted octanol–water partition coefficient (Wildman–Crippen LogP) is 4.16. The van der Waals surface area contributed by atoms with E-state index in [1.165, 1.54) is 0 Å². The number of Topliss-reactive ketones (excluding diaryl/α,β-unsaturated/α-hetero) is 1. The molecule has 0 saturated carbocycles. The van der Waals surface area contributed by atoms with Crippen LogP contribution in [0.1, 0.15) is 29.6 Å². The summed E-state index contributed by atoms with van der Waals surface area (Å²) in [6.45, 7) is 1.56. The van der Waals surface area contributed by atoms with Crippen LogP contribution in [0.4, 0.5) is 5.82 Å². The zero-order valence-corrected chi connectivity index (χ0v) is 16.9. The van der Waals surface area contributed by atoms with Crippen LogP contribution in [0.25, 0.3) is 11.3 Å². The molecule has 3 heterocycles. The molecule has 1 aromatic heterocycles.